The van der Waals surface area contributed by atoms with Crippen molar-refractivity contribution in [2.24, 2.45) is 0 Å². The van der Waals surface area contributed by atoms with Gasteiger partial charge in [-0.1, -0.05) is 71.7 Å². The quantitative estimate of drug-likeness (QED) is 0.200. The fraction of sp³-hybridized carbons (Fsp3) is 0.265. The number of carbonyl (C=O) groups is 2. The first-order valence-electron chi connectivity index (χ1n) is 14.5. The number of amides is 2. The second kappa shape index (κ2) is 12.0. The first-order valence-corrected chi connectivity index (χ1v) is 15.3. The molecular formula is C34H33Cl2N5O3. The molecular weight excluding hydrogens is 597 g/mol. The van der Waals surface area contributed by atoms with E-state index in [1.54, 1.807) is 4.90 Å². The van der Waals surface area contributed by atoms with Crippen molar-refractivity contribution in [3.8, 4) is 22.5 Å². The average molecular weight is 631 g/mol. The molecule has 8 nitrogen and oxygen atoms in total. The first kappa shape index (κ1) is 29.8. The molecule has 1 fully saturated rings. The monoisotopic (exact) mass is 629 g/mol. The van der Waals surface area contributed by atoms with Gasteiger partial charge in [0.1, 0.15) is 11.3 Å². The molecule has 2 N–H and O–H groups in total. The third-order valence-electron chi connectivity index (χ3n) is 7.56. The summed E-state index contributed by atoms with van der Waals surface area (Å²) < 4.78 is 7.50. The molecule has 3 heterocycles. The topological polar surface area (TPSA) is 92.2 Å². The number of imidazole rings is 1. The van der Waals surface area contributed by atoms with Crippen LogP contribution in [0.25, 0.3) is 33.4 Å². The molecule has 6 rings (SSSR count). The van der Waals surface area contributed by atoms with E-state index in [4.69, 9.17) is 32.9 Å². The summed E-state index contributed by atoms with van der Waals surface area (Å²) in [6.45, 7) is 6.84. The van der Waals surface area contributed by atoms with Crippen LogP contribution in [0.1, 0.15) is 43.2 Å². The number of hydrogen-bond donors (Lipinski definition) is 2. The van der Waals surface area contributed by atoms with Crippen molar-refractivity contribution in [3.63, 3.8) is 0 Å². The Morgan fingerprint density at radius 1 is 1.02 bits per heavy atom. The van der Waals surface area contributed by atoms with Crippen LogP contribution in [0.4, 0.5) is 4.79 Å². The predicted molar refractivity (Wildman–Crippen MR) is 174 cm³/mol. The summed E-state index contributed by atoms with van der Waals surface area (Å²) in [7, 11) is 0. The number of aromatic amines is 1. The van der Waals surface area contributed by atoms with Crippen molar-refractivity contribution in [1.29, 1.82) is 0 Å². The maximum Gasteiger partial charge on any atom is 0.407 e. The smallest absolute Gasteiger partial charge is 0.407 e. The number of benzene rings is 3. The summed E-state index contributed by atoms with van der Waals surface area (Å²) in [6, 6.07) is 23.0. The van der Waals surface area contributed by atoms with E-state index in [-0.39, 0.29) is 11.9 Å². The van der Waals surface area contributed by atoms with Gasteiger partial charge in [-0.05, 0) is 57.0 Å². The Bertz CT molecular complexity index is 1820. The molecule has 1 aliphatic rings. The van der Waals surface area contributed by atoms with Crippen LogP contribution in [0.3, 0.4) is 0 Å². The van der Waals surface area contributed by atoms with E-state index >= 15 is 0 Å². The van der Waals surface area contributed by atoms with Gasteiger partial charge in [0.05, 0.1) is 23.8 Å². The number of hydrogen-bond acceptors (Lipinski definition) is 4. The summed E-state index contributed by atoms with van der Waals surface area (Å²) in [5.41, 5.74) is 4.87. The van der Waals surface area contributed by atoms with Crippen LogP contribution >= 0.6 is 23.2 Å². The molecule has 0 radical (unpaired) electrons. The van der Waals surface area contributed by atoms with Gasteiger partial charge in [0.2, 0.25) is 0 Å². The predicted octanol–water partition coefficient (Wildman–Crippen LogP) is 7.79. The summed E-state index contributed by atoms with van der Waals surface area (Å²) in [6.07, 6.45) is 1.94. The minimum atomic E-state index is -0.607. The standard InChI is InChI=1S/C34H33Cl2N5O3/c1-34(2,3)44-33(43)38-25-15-16-40(19-25)32(42)30-28(26-14-13-24(36)17-27(26)39-30)31-29(22-7-5-4-6-8-22)37-20-41(31)18-21-9-11-23(35)12-10-21/h4-14,17,20,25,39H,15-16,18-19H2,1-3H3,(H,38,43)/t25-/m1/s1. The third-order valence-corrected chi connectivity index (χ3v) is 8.05. The van der Waals surface area contributed by atoms with Gasteiger partial charge >= 0.3 is 6.09 Å². The minimum absolute atomic E-state index is 0.168. The highest BCUT2D eigenvalue weighted by molar-refractivity contribution is 6.31. The molecule has 2 amide bonds. The Morgan fingerprint density at radius 2 is 1.75 bits per heavy atom. The van der Waals surface area contributed by atoms with Crippen molar-refractivity contribution in [3.05, 3.63) is 100 Å². The lowest BCUT2D eigenvalue weighted by Crippen LogP contribution is -2.41. The molecule has 1 atom stereocenters. The van der Waals surface area contributed by atoms with E-state index in [0.717, 1.165) is 39.0 Å². The number of alkyl carbamates (subject to hydrolysis) is 1. The van der Waals surface area contributed by atoms with E-state index in [2.05, 4.69) is 14.9 Å². The third kappa shape index (κ3) is 6.32. The molecule has 5 aromatic rings. The highest BCUT2D eigenvalue weighted by Crippen LogP contribution is 2.40. The van der Waals surface area contributed by atoms with Gasteiger partial charge in [-0.3, -0.25) is 4.79 Å². The average Bonchev–Trinajstić information content (AvgIpc) is 3.70. The maximum atomic E-state index is 14.3. The molecule has 0 unspecified atom stereocenters. The number of halogens is 2. The van der Waals surface area contributed by atoms with Crippen LogP contribution in [0, 0.1) is 0 Å². The van der Waals surface area contributed by atoms with Gasteiger partial charge in [0.15, 0.2) is 0 Å². The van der Waals surface area contributed by atoms with Gasteiger partial charge in [-0.25, -0.2) is 9.78 Å². The molecule has 2 aromatic heterocycles. The Morgan fingerprint density at radius 3 is 2.48 bits per heavy atom. The fourth-order valence-electron chi connectivity index (χ4n) is 5.63. The molecule has 44 heavy (non-hydrogen) atoms. The summed E-state index contributed by atoms with van der Waals surface area (Å²) >= 11 is 12.6. The normalized spacial score (nSPS) is 15.1. The lowest BCUT2D eigenvalue weighted by atomic mass is 10.0. The number of H-pyrrole nitrogens is 1. The zero-order valence-electron chi connectivity index (χ0n) is 24.7. The molecule has 1 saturated heterocycles. The number of nitrogens with one attached hydrogen (secondary N) is 2. The molecule has 0 bridgehead atoms. The van der Waals surface area contributed by atoms with Crippen LogP contribution < -0.4 is 5.32 Å². The van der Waals surface area contributed by atoms with Crippen molar-refractivity contribution < 1.29 is 14.3 Å². The summed E-state index contributed by atoms with van der Waals surface area (Å²) in [4.78, 5) is 36.7. The lowest BCUT2D eigenvalue weighted by Gasteiger charge is -2.22. The van der Waals surface area contributed by atoms with Crippen LogP contribution in [-0.2, 0) is 11.3 Å². The SMILES string of the molecule is CC(C)(C)OC(=O)N[C@@H]1CCN(C(=O)c2[nH]c3cc(Cl)ccc3c2-c2c(-c3ccccc3)ncn2Cc2ccc(Cl)cc2)C1. The van der Waals surface area contributed by atoms with Gasteiger partial charge in [0.25, 0.3) is 5.91 Å². The van der Waals surface area contributed by atoms with E-state index in [0.29, 0.717) is 41.8 Å². The second-order valence-corrected chi connectivity index (χ2v) is 12.9. The number of fused-ring (bicyclic) bond motifs is 1. The molecule has 0 saturated carbocycles. The zero-order chi connectivity index (χ0) is 31.0. The number of ether oxygens (including phenoxy) is 1. The molecule has 1 aliphatic heterocycles. The highest BCUT2D eigenvalue weighted by atomic mass is 35.5. The van der Waals surface area contributed by atoms with Gasteiger partial charge in [0, 0.05) is 51.7 Å². The maximum absolute atomic E-state index is 14.3. The summed E-state index contributed by atoms with van der Waals surface area (Å²) in [5, 5.41) is 4.99. The van der Waals surface area contributed by atoms with E-state index in [1.807, 2.05) is 99.9 Å². The fourth-order valence-corrected chi connectivity index (χ4v) is 5.93. The first-order chi connectivity index (χ1) is 21.1. The number of rotatable bonds is 6. The van der Waals surface area contributed by atoms with Crippen molar-refractivity contribution >= 4 is 46.1 Å². The Labute approximate surface area is 265 Å². The van der Waals surface area contributed by atoms with Gasteiger partial charge in [-0.15, -0.1) is 0 Å². The molecule has 226 valence electrons. The van der Waals surface area contributed by atoms with E-state index in [1.165, 1.54) is 0 Å². The van der Waals surface area contributed by atoms with Crippen LogP contribution in [0.5, 0.6) is 0 Å². The Kier molecular flexibility index (Phi) is 8.14. The number of likely N-dealkylation sites (tertiary alicyclic amines) is 1. The largest absolute Gasteiger partial charge is 0.444 e. The number of nitrogens with zero attached hydrogens (tertiary/aromatic N) is 3. The van der Waals surface area contributed by atoms with Crippen molar-refractivity contribution in [2.75, 3.05) is 13.1 Å². The Hall–Kier alpha value is -4.27. The van der Waals surface area contributed by atoms with Crippen LogP contribution in [0.15, 0.2) is 79.1 Å². The second-order valence-electron chi connectivity index (χ2n) is 12.0. The molecule has 0 aliphatic carbocycles. The van der Waals surface area contributed by atoms with Crippen LogP contribution in [-0.4, -0.2) is 56.2 Å². The number of aromatic nitrogens is 3. The van der Waals surface area contributed by atoms with E-state index in [9.17, 15) is 9.59 Å². The molecule has 0 spiro atoms. The molecule has 10 heteroatoms. The van der Waals surface area contributed by atoms with Crippen LogP contribution in [0.2, 0.25) is 10.0 Å². The minimum Gasteiger partial charge on any atom is -0.444 e. The van der Waals surface area contributed by atoms with Crippen molar-refractivity contribution in [2.45, 2.75) is 45.4 Å². The van der Waals surface area contributed by atoms with Gasteiger partial charge < -0.3 is 24.5 Å². The Balaban J connectivity index is 1.43. The number of carbonyl (C=O) groups excluding carboxylic acids is 2. The van der Waals surface area contributed by atoms with E-state index < -0.39 is 11.7 Å². The summed E-state index contributed by atoms with van der Waals surface area (Å²) in [5.74, 6) is -0.168. The highest BCUT2D eigenvalue weighted by Gasteiger charge is 2.33. The van der Waals surface area contributed by atoms with Gasteiger partial charge in [-0.2, -0.15) is 0 Å². The zero-order valence-corrected chi connectivity index (χ0v) is 26.2. The lowest BCUT2D eigenvalue weighted by molar-refractivity contribution is 0.0502. The molecule has 3 aromatic carbocycles. The van der Waals surface area contributed by atoms with Crippen molar-refractivity contribution in [1.82, 2.24) is 24.8 Å².